The van der Waals surface area contributed by atoms with Crippen LogP contribution in [0.1, 0.15) is 24.0 Å². The summed E-state index contributed by atoms with van der Waals surface area (Å²) in [6, 6.07) is 8.96. The van der Waals surface area contributed by atoms with E-state index in [4.69, 9.17) is 0 Å². The second-order valence-electron chi connectivity index (χ2n) is 6.82. The van der Waals surface area contributed by atoms with E-state index in [1.165, 1.54) is 22.3 Å². The molecule has 2 heteroatoms. The molecular weight excluding hydrogens is 360 g/mol. The largest absolute Gasteiger partial charge is 0.139 e. The fourth-order valence-corrected chi connectivity index (χ4v) is 5.49. The van der Waals surface area contributed by atoms with Gasteiger partial charge >= 0.3 is 0 Å². The van der Waals surface area contributed by atoms with Crippen molar-refractivity contribution in [2.75, 3.05) is 0 Å². The molecule has 0 amide bonds. The van der Waals surface area contributed by atoms with Gasteiger partial charge in [-0.05, 0) is 12.8 Å². The summed E-state index contributed by atoms with van der Waals surface area (Å²) >= 11 is 0. The first-order valence-electron chi connectivity index (χ1n) is 7.76. The quantitative estimate of drug-likeness (QED) is 0.462. The summed E-state index contributed by atoms with van der Waals surface area (Å²) in [7, 11) is -1.41. The van der Waals surface area contributed by atoms with Gasteiger partial charge in [0.05, 0.1) is 0 Å². The molecule has 2 aliphatic carbocycles. The number of benzene rings is 1. The molecule has 0 unspecified atom stereocenters. The Bertz CT molecular complexity index is 657. The zero-order chi connectivity index (χ0) is 14.9. The van der Waals surface area contributed by atoms with Crippen molar-refractivity contribution in [2.45, 2.75) is 32.5 Å². The average Bonchev–Trinajstić information content (AvgIpc) is 3.11. The molecule has 0 heterocycles. The third-order valence-electron chi connectivity index (χ3n) is 4.16. The molecule has 0 nitrogen and oxygen atoms in total. The Morgan fingerprint density at radius 3 is 2.18 bits per heavy atom. The van der Waals surface area contributed by atoms with Crippen molar-refractivity contribution in [3.8, 4) is 0 Å². The van der Waals surface area contributed by atoms with Crippen molar-refractivity contribution in [3.05, 3.63) is 83.0 Å². The zero-order valence-corrected chi connectivity index (χ0v) is 17.1. The van der Waals surface area contributed by atoms with Gasteiger partial charge in [0.25, 0.3) is 0 Å². The Morgan fingerprint density at radius 2 is 1.59 bits per heavy atom. The second kappa shape index (κ2) is 7.15. The Morgan fingerprint density at radius 1 is 0.909 bits per heavy atom. The Labute approximate surface area is 154 Å². The van der Waals surface area contributed by atoms with Gasteiger partial charge in [0.1, 0.15) is 0 Å². The van der Waals surface area contributed by atoms with E-state index in [2.05, 4.69) is 80.4 Å². The molecule has 0 radical (unpaired) electrons. The van der Waals surface area contributed by atoms with Gasteiger partial charge in [-0.25, -0.2) is 0 Å². The third kappa shape index (κ3) is 3.55. The van der Waals surface area contributed by atoms with E-state index in [9.17, 15) is 0 Å². The number of rotatable bonds is 4. The van der Waals surface area contributed by atoms with Crippen LogP contribution in [0, 0.1) is 5.54 Å². The minimum Gasteiger partial charge on any atom is -0.139 e. The van der Waals surface area contributed by atoms with Crippen LogP contribution in [0.4, 0.5) is 0 Å². The Balaban J connectivity index is 0.00000176. The van der Waals surface area contributed by atoms with Crippen LogP contribution in [0.3, 0.4) is 0 Å². The number of hydrogen-bond donors (Lipinski definition) is 0. The van der Waals surface area contributed by atoms with Crippen molar-refractivity contribution in [2.24, 2.45) is 0 Å². The van der Waals surface area contributed by atoms with Crippen molar-refractivity contribution < 1.29 is 26.2 Å². The van der Waals surface area contributed by atoms with Crippen LogP contribution in [0.15, 0.2) is 66.3 Å². The normalized spacial score (nSPS) is 16.3. The van der Waals surface area contributed by atoms with Crippen molar-refractivity contribution >= 4 is 13.6 Å². The maximum Gasteiger partial charge on any atom is 0.0294 e. The maximum absolute atomic E-state index is 2.46. The number of hydrogen-bond acceptors (Lipinski definition) is 0. The predicted octanol–water partition coefficient (Wildman–Crippen LogP) is 5.71. The predicted molar refractivity (Wildman–Crippen MR) is 95.7 cm³/mol. The van der Waals surface area contributed by atoms with E-state index in [-0.39, 0.29) is 26.2 Å². The summed E-state index contributed by atoms with van der Waals surface area (Å²) < 4.78 is 0. The molecule has 22 heavy (non-hydrogen) atoms. The van der Waals surface area contributed by atoms with Crippen LogP contribution in [0.5, 0.6) is 0 Å². The fraction of sp³-hybridized carbons (Fsp3) is 0.250. The minimum atomic E-state index is -1.41. The second-order valence-corrected chi connectivity index (χ2v) is 11.8. The molecule has 2 aliphatic rings. The Hall–Kier alpha value is -0.850. The van der Waals surface area contributed by atoms with E-state index in [0.717, 1.165) is 12.8 Å². The molecule has 0 saturated carbocycles. The topological polar surface area (TPSA) is 0 Å². The fourth-order valence-electron chi connectivity index (χ4n) is 3.32. The van der Waals surface area contributed by atoms with E-state index in [1.807, 2.05) is 0 Å². The smallest absolute Gasteiger partial charge is 0.0294 e. The van der Waals surface area contributed by atoms with Crippen LogP contribution in [0.25, 0.3) is 5.57 Å². The molecule has 3 rings (SSSR count). The van der Waals surface area contributed by atoms with E-state index < -0.39 is 8.07 Å². The molecule has 0 aromatic heterocycles. The summed E-state index contributed by atoms with van der Waals surface area (Å²) in [4.78, 5) is 0. The summed E-state index contributed by atoms with van der Waals surface area (Å²) in [5, 5.41) is 0. The first-order valence-corrected chi connectivity index (χ1v) is 11.3. The zero-order valence-electron chi connectivity index (χ0n) is 13.7. The molecule has 0 atom stereocenters. The van der Waals surface area contributed by atoms with Gasteiger partial charge in [-0.1, -0.05) is 67.2 Å². The summed E-state index contributed by atoms with van der Waals surface area (Å²) in [6.45, 7) is 7.37. The van der Waals surface area contributed by atoms with Crippen LogP contribution >= 0.6 is 0 Å². The first-order chi connectivity index (χ1) is 10.1. The summed E-state index contributed by atoms with van der Waals surface area (Å²) in [5.41, 5.74) is 7.48. The van der Waals surface area contributed by atoms with E-state index in [0.29, 0.717) is 0 Å². The van der Waals surface area contributed by atoms with Crippen molar-refractivity contribution in [3.63, 3.8) is 0 Å². The number of allylic oxidation sites excluding steroid dienone is 8. The minimum absolute atomic E-state index is 0. The molecule has 0 saturated heterocycles. The SMILES string of the molecule is C[Si](C)(C)[C-](C1=CC=CC1)c1ccccc1C1=CC=CC1.[Zr]. The van der Waals surface area contributed by atoms with Gasteiger partial charge in [-0.3, -0.25) is 0 Å². The molecule has 0 fully saturated rings. The van der Waals surface area contributed by atoms with Gasteiger partial charge in [-0.15, -0.1) is 41.0 Å². The summed E-state index contributed by atoms with van der Waals surface area (Å²) in [6.07, 6.45) is 15.6. The third-order valence-corrected chi connectivity index (χ3v) is 6.25. The van der Waals surface area contributed by atoms with Gasteiger partial charge in [0.2, 0.25) is 0 Å². The summed E-state index contributed by atoms with van der Waals surface area (Å²) in [5.74, 6) is 0. The Kier molecular flexibility index (Phi) is 5.69. The van der Waals surface area contributed by atoms with Crippen LogP contribution in [-0.4, -0.2) is 8.07 Å². The van der Waals surface area contributed by atoms with E-state index in [1.54, 1.807) is 5.54 Å². The molecule has 0 spiro atoms. The standard InChI is InChI=1S/C20H23Si.Zr/c1-21(2,3)20(17-12-6-7-13-17)19-15-9-8-14-18(19)16-10-4-5-11-16;/h4-10,12,14-15H,11,13H2,1-3H3;/q-1;. The molecule has 1 aromatic carbocycles. The maximum atomic E-state index is 2.46. The molecule has 1 aromatic rings. The monoisotopic (exact) mass is 381 g/mol. The molecule has 0 bridgehead atoms. The first kappa shape index (κ1) is 17.5. The van der Waals surface area contributed by atoms with Gasteiger partial charge in [0, 0.05) is 34.3 Å². The van der Waals surface area contributed by atoms with Crippen LogP contribution < -0.4 is 0 Å². The molecule has 0 N–H and O–H groups in total. The molecule has 0 aliphatic heterocycles. The molecular formula is C20H23SiZr-. The van der Waals surface area contributed by atoms with Gasteiger partial charge in [-0.2, -0.15) is 0 Å². The van der Waals surface area contributed by atoms with Gasteiger partial charge < -0.3 is 0 Å². The van der Waals surface area contributed by atoms with Crippen LogP contribution in [0.2, 0.25) is 19.6 Å². The average molecular weight is 383 g/mol. The van der Waals surface area contributed by atoms with Gasteiger partial charge in [0.15, 0.2) is 0 Å². The molecule has 112 valence electrons. The van der Waals surface area contributed by atoms with Crippen molar-refractivity contribution in [1.82, 2.24) is 0 Å². The van der Waals surface area contributed by atoms with Crippen molar-refractivity contribution in [1.29, 1.82) is 0 Å². The van der Waals surface area contributed by atoms with E-state index >= 15 is 0 Å². The van der Waals surface area contributed by atoms with Crippen LogP contribution in [-0.2, 0) is 26.2 Å².